The molecule has 3 aromatic rings. The van der Waals surface area contributed by atoms with Crippen LogP contribution in [0.4, 0.5) is 38.8 Å². The quantitative estimate of drug-likeness (QED) is 0.232. The maximum absolute atomic E-state index is 14.1. The number of nitro benzene ring substituents is 1. The smallest absolute Gasteiger partial charge is 0.272 e. The van der Waals surface area contributed by atoms with Gasteiger partial charge in [-0.1, -0.05) is 25.5 Å². The maximum Gasteiger partial charge on any atom is 0.272 e. The van der Waals surface area contributed by atoms with Crippen LogP contribution in [0, 0.1) is 34.2 Å². The number of unbranched alkanes of at least 4 members (excludes halogenated alkanes) is 1. The molecule has 0 aliphatic rings. The number of halogens is 1. The van der Waals surface area contributed by atoms with Gasteiger partial charge in [-0.05, 0) is 43.5 Å². The predicted molar refractivity (Wildman–Crippen MR) is 124 cm³/mol. The number of pyridine rings is 1. The Labute approximate surface area is 190 Å². The molecule has 0 saturated carbocycles. The van der Waals surface area contributed by atoms with Crippen LogP contribution in [0.2, 0.25) is 0 Å². The monoisotopic (exact) mass is 447 g/mol. The SMILES string of the molecule is CCCCc1ccc(Nc2nc(N)c(/N=N/c3ccc([N+](=O)[O-])cc3F)c(C)c2C#N)cc1. The molecule has 0 atom stereocenters. The highest BCUT2D eigenvalue weighted by molar-refractivity contribution is 5.75. The normalized spacial score (nSPS) is 10.8. The van der Waals surface area contributed by atoms with Crippen molar-refractivity contribution in [3.05, 3.63) is 75.1 Å². The summed E-state index contributed by atoms with van der Waals surface area (Å²) in [7, 11) is 0. The number of anilines is 3. The van der Waals surface area contributed by atoms with Crippen molar-refractivity contribution in [3.8, 4) is 6.07 Å². The molecular weight excluding hydrogens is 425 g/mol. The van der Waals surface area contributed by atoms with Gasteiger partial charge in [0.2, 0.25) is 0 Å². The van der Waals surface area contributed by atoms with E-state index >= 15 is 0 Å². The molecule has 0 bridgehead atoms. The standard InChI is InChI=1S/C23H22FN7O2/c1-3-4-5-15-6-8-16(9-7-15)27-23-18(13-25)14(2)21(22(26)28-23)30-29-20-11-10-17(31(32)33)12-19(20)24/h6-12H,3-5H2,1-2H3,(H3,26,27,28)/b30-29+. The van der Waals surface area contributed by atoms with E-state index in [1.165, 1.54) is 5.56 Å². The minimum absolute atomic E-state index is 0.000337. The van der Waals surface area contributed by atoms with Crippen LogP contribution in [0.3, 0.4) is 0 Å². The van der Waals surface area contributed by atoms with Crippen LogP contribution < -0.4 is 11.1 Å². The van der Waals surface area contributed by atoms with E-state index in [0.29, 0.717) is 5.56 Å². The van der Waals surface area contributed by atoms with Crippen molar-refractivity contribution in [1.82, 2.24) is 4.98 Å². The number of nitro groups is 1. The minimum Gasteiger partial charge on any atom is -0.382 e. The van der Waals surface area contributed by atoms with Gasteiger partial charge in [0.1, 0.15) is 17.4 Å². The zero-order valence-electron chi connectivity index (χ0n) is 18.2. The van der Waals surface area contributed by atoms with Crippen molar-refractivity contribution in [2.45, 2.75) is 33.1 Å². The van der Waals surface area contributed by atoms with E-state index in [4.69, 9.17) is 5.73 Å². The molecule has 3 rings (SSSR count). The van der Waals surface area contributed by atoms with Crippen molar-refractivity contribution in [2.75, 3.05) is 11.1 Å². The lowest BCUT2D eigenvalue weighted by Gasteiger charge is -2.13. The predicted octanol–water partition coefficient (Wildman–Crippen LogP) is 6.39. The molecule has 0 spiro atoms. The Balaban J connectivity index is 1.88. The Morgan fingerprint density at radius 1 is 1.24 bits per heavy atom. The number of benzene rings is 2. The number of nitrogens with one attached hydrogen (secondary N) is 1. The molecule has 168 valence electrons. The summed E-state index contributed by atoms with van der Waals surface area (Å²) < 4.78 is 14.1. The third-order valence-electron chi connectivity index (χ3n) is 4.99. The van der Waals surface area contributed by atoms with Gasteiger partial charge in [-0.3, -0.25) is 10.1 Å². The van der Waals surface area contributed by atoms with Crippen LogP contribution in [-0.4, -0.2) is 9.91 Å². The number of nitrogen functional groups attached to an aromatic ring is 1. The molecule has 10 heteroatoms. The summed E-state index contributed by atoms with van der Waals surface area (Å²) in [6, 6.07) is 12.9. The lowest BCUT2D eigenvalue weighted by Crippen LogP contribution is -2.03. The minimum atomic E-state index is -0.904. The lowest BCUT2D eigenvalue weighted by molar-refractivity contribution is -0.385. The zero-order valence-corrected chi connectivity index (χ0v) is 18.2. The number of azo groups is 1. The van der Waals surface area contributed by atoms with Crippen LogP contribution in [-0.2, 0) is 6.42 Å². The van der Waals surface area contributed by atoms with Gasteiger partial charge in [-0.15, -0.1) is 10.2 Å². The highest BCUT2D eigenvalue weighted by Crippen LogP contribution is 2.34. The van der Waals surface area contributed by atoms with Gasteiger partial charge < -0.3 is 11.1 Å². The summed E-state index contributed by atoms with van der Waals surface area (Å²) in [5.41, 5.74) is 8.17. The molecule has 0 unspecified atom stereocenters. The van der Waals surface area contributed by atoms with E-state index in [9.17, 15) is 19.8 Å². The average Bonchev–Trinajstić information content (AvgIpc) is 2.79. The second-order valence-corrected chi connectivity index (χ2v) is 7.32. The number of hydrogen-bond acceptors (Lipinski definition) is 8. The molecular formula is C23H22FN7O2. The van der Waals surface area contributed by atoms with Gasteiger partial charge in [0.25, 0.3) is 5.69 Å². The van der Waals surface area contributed by atoms with Crippen molar-refractivity contribution < 1.29 is 9.31 Å². The third kappa shape index (κ3) is 5.46. The van der Waals surface area contributed by atoms with Crippen molar-refractivity contribution >= 4 is 34.4 Å². The summed E-state index contributed by atoms with van der Waals surface area (Å²) in [5, 5.41) is 31.3. The van der Waals surface area contributed by atoms with E-state index in [1.807, 2.05) is 24.3 Å². The molecule has 0 aliphatic heterocycles. The number of nitrogens with zero attached hydrogens (tertiary/aromatic N) is 5. The molecule has 2 aromatic carbocycles. The van der Waals surface area contributed by atoms with E-state index in [-0.39, 0.29) is 28.6 Å². The molecule has 0 fully saturated rings. The third-order valence-corrected chi connectivity index (χ3v) is 4.99. The molecule has 3 N–H and O–H groups in total. The molecule has 0 radical (unpaired) electrons. The maximum atomic E-state index is 14.1. The summed E-state index contributed by atoms with van der Waals surface area (Å²) in [5.74, 6) is -0.632. The first-order chi connectivity index (χ1) is 15.8. The van der Waals surface area contributed by atoms with Crippen LogP contribution in [0.25, 0.3) is 0 Å². The second kappa shape index (κ2) is 10.3. The summed E-state index contributed by atoms with van der Waals surface area (Å²) in [6.45, 7) is 3.78. The number of aryl methyl sites for hydroxylation is 1. The molecule has 0 aliphatic carbocycles. The first-order valence-corrected chi connectivity index (χ1v) is 10.3. The Bertz CT molecular complexity index is 1250. The average molecular weight is 447 g/mol. The van der Waals surface area contributed by atoms with Crippen molar-refractivity contribution in [1.29, 1.82) is 5.26 Å². The summed E-state index contributed by atoms with van der Waals surface area (Å²) in [4.78, 5) is 14.3. The van der Waals surface area contributed by atoms with Crippen molar-refractivity contribution in [2.24, 2.45) is 10.2 Å². The Morgan fingerprint density at radius 2 is 1.97 bits per heavy atom. The van der Waals surface area contributed by atoms with Crippen LogP contribution >= 0.6 is 0 Å². The molecule has 9 nitrogen and oxygen atoms in total. The van der Waals surface area contributed by atoms with E-state index in [2.05, 4.69) is 33.5 Å². The number of non-ortho nitro benzene ring substituents is 1. The van der Waals surface area contributed by atoms with E-state index < -0.39 is 16.4 Å². The summed E-state index contributed by atoms with van der Waals surface area (Å²) in [6.07, 6.45) is 3.23. The molecule has 33 heavy (non-hydrogen) atoms. The Hall–Kier alpha value is -4.39. The number of nitriles is 1. The fourth-order valence-corrected chi connectivity index (χ4v) is 3.14. The number of hydrogen-bond donors (Lipinski definition) is 2. The fraction of sp³-hybridized carbons (Fsp3) is 0.217. The lowest BCUT2D eigenvalue weighted by atomic mass is 10.1. The van der Waals surface area contributed by atoms with Gasteiger partial charge in [-0.2, -0.15) is 5.26 Å². The number of aromatic nitrogens is 1. The fourth-order valence-electron chi connectivity index (χ4n) is 3.14. The van der Waals surface area contributed by atoms with Crippen molar-refractivity contribution in [3.63, 3.8) is 0 Å². The van der Waals surface area contributed by atoms with Gasteiger partial charge in [0.15, 0.2) is 17.5 Å². The first-order valence-electron chi connectivity index (χ1n) is 10.3. The molecule has 1 heterocycles. The highest BCUT2D eigenvalue weighted by Gasteiger charge is 2.17. The highest BCUT2D eigenvalue weighted by atomic mass is 19.1. The van der Waals surface area contributed by atoms with Crippen LogP contribution in [0.5, 0.6) is 0 Å². The number of nitrogens with two attached hydrogens (primary N) is 1. The van der Waals surface area contributed by atoms with Gasteiger partial charge in [-0.25, -0.2) is 9.37 Å². The molecule has 1 aromatic heterocycles. The van der Waals surface area contributed by atoms with Gasteiger partial charge in [0, 0.05) is 17.3 Å². The largest absolute Gasteiger partial charge is 0.382 e. The topological polar surface area (TPSA) is 143 Å². The zero-order chi connectivity index (χ0) is 24.0. The first kappa shape index (κ1) is 23.3. The van der Waals surface area contributed by atoms with Crippen LogP contribution in [0.1, 0.15) is 36.5 Å². The summed E-state index contributed by atoms with van der Waals surface area (Å²) >= 11 is 0. The Kier molecular flexibility index (Phi) is 7.25. The van der Waals surface area contributed by atoms with E-state index in [1.54, 1.807) is 6.92 Å². The second-order valence-electron chi connectivity index (χ2n) is 7.32. The molecule has 0 saturated heterocycles. The van der Waals surface area contributed by atoms with Crippen LogP contribution in [0.15, 0.2) is 52.7 Å². The Morgan fingerprint density at radius 3 is 2.58 bits per heavy atom. The molecule has 0 amide bonds. The van der Waals surface area contributed by atoms with Gasteiger partial charge >= 0.3 is 0 Å². The van der Waals surface area contributed by atoms with Gasteiger partial charge in [0.05, 0.1) is 16.6 Å². The van der Waals surface area contributed by atoms with E-state index in [0.717, 1.165) is 43.1 Å². The number of rotatable bonds is 8.